The molecule has 3 heterocycles. The molecule has 3 rings (SSSR count). The molecule has 6 heteroatoms. The standard InChI is InChI=1S/C22H33N5O/c1-5-8-11-26(4)22(28)16-9-12-27(13-10-16)17-14-20-21(23-15-17)25-19(7-3)18(6-2)24-20/h14-16H,5-13H2,1-4H3. The van der Waals surface area contributed by atoms with E-state index in [2.05, 4.69) is 41.7 Å². The first-order valence-corrected chi connectivity index (χ1v) is 10.7. The van der Waals surface area contributed by atoms with E-state index in [1.807, 2.05) is 18.1 Å². The highest BCUT2D eigenvalue weighted by atomic mass is 16.2. The average molecular weight is 384 g/mol. The van der Waals surface area contributed by atoms with Gasteiger partial charge in [0.1, 0.15) is 5.52 Å². The van der Waals surface area contributed by atoms with Gasteiger partial charge in [-0.2, -0.15) is 0 Å². The van der Waals surface area contributed by atoms with Gasteiger partial charge in [0, 0.05) is 32.6 Å². The quantitative estimate of drug-likeness (QED) is 0.731. The van der Waals surface area contributed by atoms with E-state index in [0.29, 0.717) is 5.91 Å². The normalized spacial score (nSPS) is 15.2. The number of pyridine rings is 1. The fourth-order valence-electron chi connectivity index (χ4n) is 3.95. The number of fused-ring (bicyclic) bond motifs is 1. The lowest BCUT2D eigenvalue weighted by atomic mass is 9.95. The van der Waals surface area contributed by atoms with Crippen molar-refractivity contribution in [2.24, 2.45) is 5.92 Å². The molecule has 1 amide bonds. The van der Waals surface area contributed by atoms with Crippen LogP contribution in [0, 0.1) is 5.92 Å². The largest absolute Gasteiger partial charge is 0.370 e. The summed E-state index contributed by atoms with van der Waals surface area (Å²) in [6.45, 7) is 9.01. The van der Waals surface area contributed by atoms with E-state index in [1.165, 1.54) is 0 Å². The summed E-state index contributed by atoms with van der Waals surface area (Å²) in [6.07, 6.45) is 7.65. The summed E-state index contributed by atoms with van der Waals surface area (Å²) in [6, 6.07) is 2.10. The van der Waals surface area contributed by atoms with Gasteiger partial charge in [0.15, 0.2) is 5.65 Å². The number of anilines is 1. The molecule has 1 saturated heterocycles. The lowest BCUT2D eigenvalue weighted by Crippen LogP contribution is -2.41. The van der Waals surface area contributed by atoms with Gasteiger partial charge >= 0.3 is 0 Å². The van der Waals surface area contributed by atoms with Crippen LogP contribution in [0.3, 0.4) is 0 Å². The van der Waals surface area contributed by atoms with Crippen molar-refractivity contribution in [3.8, 4) is 0 Å². The Hall–Kier alpha value is -2.24. The first kappa shape index (κ1) is 20.5. The molecule has 0 aliphatic carbocycles. The van der Waals surface area contributed by atoms with Crippen molar-refractivity contribution in [3.63, 3.8) is 0 Å². The maximum absolute atomic E-state index is 12.6. The van der Waals surface area contributed by atoms with Crippen LogP contribution in [0.25, 0.3) is 11.2 Å². The number of rotatable bonds is 7. The summed E-state index contributed by atoms with van der Waals surface area (Å²) >= 11 is 0. The third-order valence-corrected chi connectivity index (χ3v) is 5.76. The minimum absolute atomic E-state index is 0.144. The fourth-order valence-corrected chi connectivity index (χ4v) is 3.95. The second-order valence-corrected chi connectivity index (χ2v) is 7.74. The van der Waals surface area contributed by atoms with Crippen molar-refractivity contribution in [1.29, 1.82) is 0 Å². The molecule has 152 valence electrons. The van der Waals surface area contributed by atoms with Crippen LogP contribution < -0.4 is 4.90 Å². The molecule has 0 bridgehead atoms. The second kappa shape index (κ2) is 9.30. The zero-order chi connectivity index (χ0) is 20.1. The number of carbonyl (C=O) groups is 1. The summed E-state index contributed by atoms with van der Waals surface area (Å²) in [5.41, 5.74) is 4.78. The van der Waals surface area contributed by atoms with E-state index in [-0.39, 0.29) is 5.92 Å². The van der Waals surface area contributed by atoms with E-state index in [9.17, 15) is 4.79 Å². The van der Waals surface area contributed by atoms with E-state index in [4.69, 9.17) is 4.98 Å². The van der Waals surface area contributed by atoms with Crippen molar-refractivity contribution >= 4 is 22.8 Å². The van der Waals surface area contributed by atoms with Crippen molar-refractivity contribution in [2.45, 2.75) is 59.3 Å². The number of piperidine rings is 1. The summed E-state index contributed by atoms with van der Waals surface area (Å²) in [7, 11) is 1.94. The van der Waals surface area contributed by atoms with Crippen LogP contribution in [0.15, 0.2) is 12.3 Å². The monoisotopic (exact) mass is 383 g/mol. The van der Waals surface area contributed by atoms with Crippen molar-refractivity contribution in [3.05, 3.63) is 23.7 Å². The molecule has 1 aliphatic rings. The maximum Gasteiger partial charge on any atom is 0.225 e. The van der Waals surface area contributed by atoms with Crippen molar-refractivity contribution < 1.29 is 4.79 Å². The Morgan fingerprint density at radius 3 is 2.46 bits per heavy atom. The SMILES string of the molecule is CCCCN(C)C(=O)C1CCN(c2cnc3nc(CC)c(CC)nc3c2)CC1. The van der Waals surface area contributed by atoms with Gasteiger partial charge in [0.05, 0.1) is 23.3 Å². The molecule has 1 fully saturated rings. The Kier molecular flexibility index (Phi) is 6.81. The van der Waals surface area contributed by atoms with Gasteiger partial charge in [0.2, 0.25) is 5.91 Å². The predicted molar refractivity (Wildman–Crippen MR) is 114 cm³/mol. The third kappa shape index (κ3) is 4.42. The highest BCUT2D eigenvalue weighted by Crippen LogP contribution is 2.26. The topological polar surface area (TPSA) is 62.2 Å². The summed E-state index contributed by atoms with van der Waals surface area (Å²) in [4.78, 5) is 30.9. The highest BCUT2D eigenvalue weighted by Gasteiger charge is 2.27. The highest BCUT2D eigenvalue weighted by molar-refractivity contribution is 5.79. The first-order chi connectivity index (χ1) is 13.6. The molecule has 2 aromatic rings. The number of aryl methyl sites for hydroxylation is 2. The van der Waals surface area contributed by atoms with Crippen LogP contribution in [0.5, 0.6) is 0 Å². The van der Waals surface area contributed by atoms with Crippen molar-refractivity contribution in [1.82, 2.24) is 19.9 Å². The number of unbranched alkanes of at least 4 members (excludes halogenated alkanes) is 1. The summed E-state index contributed by atoms with van der Waals surface area (Å²) < 4.78 is 0. The minimum Gasteiger partial charge on any atom is -0.370 e. The van der Waals surface area contributed by atoms with Crippen LogP contribution >= 0.6 is 0 Å². The van der Waals surface area contributed by atoms with Gasteiger partial charge in [-0.3, -0.25) is 4.79 Å². The van der Waals surface area contributed by atoms with E-state index >= 15 is 0 Å². The number of aromatic nitrogens is 3. The van der Waals surface area contributed by atoms with E-state index in [1.54, 1.807) is 0 Å². The van der Waals surface area contributed by atoms with Gasteiger partial charge < -0.3 is 9.80 Å². The van der Waals surface area contributed by atoms with Crippen LogP contribution in [0.2, 0.25) is 0 Å². The molecule has 1 aliphatic heterocycles. The Morgan fingerprint density at radius 1 is 1.14 bits per heavy atom. The number of hydrogen-bond acceptors (Lipinski definition) is 5. The maximum atomic E-state index is 12.6. The molecule has 6 nitrogen and oxygen atoms in total. The molecule has 0 saturated carbocycles. The summed E-state index contributed by atoms with van der Waals surface area (Å²) in [5, 5.41) is 0. The van der Waals surface area contributed by atoms with Gasteiger partial charge in [-0.1, -0.05) is 27.2 Å². The smallest absolute Gasteiger partial charge is 0.225 e. The molecule has 0 aromatic carbocycles. The second-order valence-electron chi connectivity index (χ2n) is 7.74. The Bertz CT molecular complexity index is 814. The Balaban J connectivity index is 1.68. The molecular formula is C22H33N5O. The third-order valence-electron chi connectivity index (χ3n) is 5.76. The Morgan fingerprint density at radius 2 is 1.82 bits per heavy atom. The van der Waals surface area contributed by atoms with Crippen LogP contribution in [-0.2, 0) is 17.6 Å². The lowest BCUT2D eigenvalue weighted by Gasteiger charge is -2.34. The van der Waals surface area contributed by atoms with Gasteiger partial charge in [-0.05, 0) is 38.2 Å². The minimum atomic E-state index is 0.144. The summed E-state index contributed by atoms with van der Waals surface area (Å²) in [5.74, 6) is 0.445. The van der Waals surface area contributed by atoms with E-state index in [0.717, 1.165) is 86.4 Å². The van der Waals surface area contributed by atoms with Crippen LogP contribution in [0.1, 0.15) is 57.8 Å². The molecule has 0 spiro atoms. The van der Waals surface area contributed by atoms with E-state index < -0.39 is 0 Å². The molecule has 0 radical (unpaired) electrons. The number of hydrogen-bond donors (Lipinski definition) is 0. The molecule has 0 atom stereocenters. The molecular weight excluding hydrogens is 350 g/mol. The lowest BCUT2D eigenvalue weighted by molar-refractivity contribution is -0.134. The number of carbonyl (C=O) groups excluding carboxylic acids is 1. The zero-order valence-electron chi connectivity index (χ0n) is 17.7. The molecule has 0 N–H and O–H groups in total. The van der Waals surface area contributed by atoms with Gasteiger partial charge in [0.25, 0.3) is 0 Å². The van der Waals surface area contributed by atoms with Crippen LogP contribution in [0.4, 0.5) is 5.69 Å². The molecule has 28 heavy (non-hydrogen) atoms. The number of amides is 1. The van der Waals surface area contributed by atoms with Crippen LogP contribution in [-0.4, -0.2) is 52.4 Å². The Labute approximate surface area is 168 Å². The first-order valence-electron chi connectivity index (χ1n) is 10.7. The fraction of sp³-hybridized carbons (Fsp3) is 0.636. The predicted octanol–water partition coefficient (Wildman–Crippen LogP) is 3.62. The van der Waals surface area contributed by atoms with Gasteiger partial charge in [-0.15, -0.1) is 0 Å². The molecule has 0 unspecified atom stereocenters. The van der Waals surface area contributed by atoms with Crippen molar-refractivity contribution in [2.75, 3.05) is 31.6 Å². The molecule has 2 aromatic heterocycles. The zero-order valence-corrected chi connectivity index (χ0v) is 17.7. The van der Waals surface area contributed by atoms with Gasteiger partial charge in [-0.25, -0.2) is 15.0 Å². The average Bonchev–Trinajstić information content (AvgIpc) is 2.75. The number of nitrogens with zero attached hydrogens (tertiary/aromatic N) is 5.